The first-order valence-electron chi connectivity index (χ1n) is 13.0. The van der Waals surface area contributed by atoms with E-state index in [9.17, 15) is 14.4 Å². The van der Waals surface area contributed by atoms with Crippen LogP contribution >= 0.6 is 0 Å². The summed E-state index contributed by atoms with van der Waals surface area (Å²) in [5.74, 6) is -0.392. The Morgan fingerprint density at radius 2 is 1.78 bits per heavy atom. The average molecular weight is 497 g/mol. The third-order valence-corrected chi connectivity index (χ3v) is 7.04. The number of esters is 1. The maximum atomic E-state index is 13.8. The summed E-state index contributed by atoms with van der Waals surface area (Å²) in [5.41, 5.74) is 0.0182. The summed E-state index contributed by atoms with van der Waals surface area (Å²) in [6.07, 6.45) is 6.41. The van der Waals surface area contributed by atoms with Crippen LogP contribution in [0.25, 0.3) is 0 Å². The smallest absolute Gasteiger partial charge is 0.358 e. The molecule has 194 valence electrons. The third kappa shape index (κ3) is 5.39. The van der Waals surface area contributed by atoms with Crippen LogP contribution < -0.4 is 10.1 Å². The number of hydrogen-bond donors (Lipinski definition) is 1. The van der Waals surface area contributed by atoms with Gasteiger partial charge in [-0.25, -0.2) is 4.79 Å². The highest BCUT2D eigenvalue weighted by atomic mass is 16.5. The number of carbonyl (C=O) groups excluding carboxylic acids is 3. The lowest BCUT2D eigenvalue weighted by molar-refractivity contribution is -0.134. The monoisotopic (exact) mass is 496 g/mol. The van der Waals surface area contributed by atoms with Gasteiger partial charge in [-0.15, -0.1) is 0 Å². The molecule has 1 aliphatic carbocycles. The molecule has 36 heavy (non-hydrogen) atoms. The predicted octanol–water partition coefficient (Wildman–Crippen LogP) is 3.71. The van der Waals surface area contributed by atoms with Crippen LogP contribution in [0.5, 0.6) is 5.75 Å². The zero-order chi connectivity index (χ0) is 25.7. The molecule has 1 aromatic carbocycles. The van der Waals surface area contributed by atoms with Crippen molar-refractivity contribution in [2.75, 3.05) is 13.2 Å². The standard InChI is InChI=1S/C27H36N4O5/c1-4-35-21-14-12-19(13-15-21)17-30-24(32)23-16-22(25(33)36-5-2)29-31(23)18-27(30,3)26(34)28-20-10-8-6-7-9-11-20/h12-16,20H,4-11,17-18H2,1-3H3,(H,28,34)/t27-/m0/s1. The van der Waals surface area contributed by atoms with Gasteiger partial charge in [0.25, 0.3) is 5.91 Å². The fourth-order valence-electron chi connectivity index (χ4n) is 5.00. The molecule has 1 fully saturated rings. The first kappa shape index (κ1) is 25.7. The quantitative estimate of drug-likeness (QED) is 0.442. The van der Waals surface area contributed by atoms with Gasteiger partial charge in [0.2, 0.25) is 5.91 Å². The number of fused-ring (bicyclic) bond motifs is 1. The molecule has 9 heteroatoms. The molecule has 2 aromatic rings. The molecule has 1 saturated carbocycles. The van der Waals surface area contributed by atoms with Crippen molar-refractivity contribution in [1.29, 1.82) is 0 Å². The van der Waals surface area contributed by atoms with E-state index in [-0.39, 0.29) is 48.9 Å². The Morgan fingerprint density at radius 3 is 2.42 bits per heavy atom. The van der Waals surface area contributed by atoms with Gasteiger partial charge in [-0.3, -0.25) is 14.3 Å². The molecule has 1 N–H and O–H groups in total. The molecule has 9 nitrogen and oxygen atoms in total. The topological polar surface area (TPSA) is 103 Å². The van der Waals surface area contributed by atoms with Crippen molar-refractivity contribution in [3.05, 3.63) is 47.3 Å². The SMILES string of the molecule is CCOC(=O)c1cc2n(n1)C[C@@](C)(C(=O)NC1CCCCCC1)N(Cc1ccc(OCC)cc1)C2=O. The lowest BCUT2D eigenvalue weighted by Crippen LogP contribution is -2.64. The summed E-state index contributed by atoms with van der Waals surface area (Å²) < 4.78 is 12.1. The minimum Gasteiger partial charge on any atom is -0.494 e. The number of nitrogens with zero attached hydrogens (tertiary/aromatic N) is 3. The minimum atomic E-state index is -1.19. The number of rotatable bonds is 8. The Kier molecular flexibility index (Phi) is 7.96. The van der Waals surface area contributed by atoms with Crippen molar-refractivity contribution >= 4 is 17.8 Å². The van der Waals surface area contributed by atoms with Crippen molar-refractivity contribution in [1.82, 2.24) is 20.0 Å². The van der Waals surface area contributed by atoms with Crippen LogP contribution in [-0.4, -0.2) is 57.3 Å². The van der Waals surface area contributed by atoms with E-state index in [0.717, 1.165) is 37.0 Å². The number of amides is 2. The summed E-state index contributed by atoms with van der Waals surface area (Å²) in [7, 11) is 0. The molecular weight excluding hydrogens is 460 g/mol. The van der Waals surface area contributed by atoms with E-state index in [4.69, 9.17) is 9.47 Å². The van der Waals surface area contributed by atoms with Gasteiger partial charge in [0.15, 0.2) is 5.69 Å². The van der Waals surface area contributed by atoms with E-state index >= 15 is 0 Å². The Labute approximate surface area is 212 Å². The van der Waals surface area contributed by atoms with Crippen molar-refractivity contribution < 1.29 is 23.9 Å². The van der Waals surface area contributed by atoms with Crippen LogP contribution in [0.15, 0.2) is 30.3 Å². The average Bonchev–Trinajstić information content (AvgIpc) is 3.12. The normalized spacial score (nSPS) is 20.4. The van der Waals surface area contributed by atoms with Crippen molar-refractivity contribution in [3.63, 3.8) is 0 Å². The molecule has 0 spiro atoms. The molecule has 2 amide bonds. The molecule has 0 unspecified atom stereocenters. The Hall–Kier alpha value is -3.36. The van der Waals surface area contributed by atoms with Gasteiger partial charge in [-0.1, -0.05) is 37.8 Å². The summed E-state index contributed by atoms with van der Waals surface area (Å²) in [4.78, 5) is 41.4. The van der Waals surface area contributed by atoms with E-state index in [1.807, 2.05) is 31.2 Å². The summed E-state index contributed by atoms with van der Waals surface area (Å²) >= 11 is 0. The highest BCUT2D eigenvalue weighted by molar-refractivity contribution is 6.01. The highest BCUT2D eigenvalue weighted by Crippen LogP contribution is 2.31. The predicted molar refractivity (Wildman–Crippen MR) is 134 cm³/mol. The van der Waals surface area contributed by atoms with Crippen LogP contribution in [0.3, 0.4) is 0 Å². The molecule has 1 aromatic heterocycles. The second-order valence-electron chi connectivity index (χ2n) is 9.70. The summed E-state index contributed by atoms with van der Waals surface area (Å²) in [6, 6.07) is 9.07. The van der Waals surface area contributed by atoms with Crippen molar-refractivity contribution in [3.8, 4) is 5.75 Å². The summed E-state index contributed by atoms with van der Waals surface area (Å²) in [6.45, 7) is 6.57. The van der Waals surface area contributed by atoms with E-state index in [1.54, 1.807) is 18.7 Å². The van der Waals surface area contributed by atoms with Crippen LogP contribution in [0.2, 0.25) is 0 Å². The first-order valence-corrected chi connectivity index (χ1v) is 13.0. The van der Waals surface area contributed by atoms with Crippen LogP contribution in [0.1, 0.15) is 85.8 Å². The van der Waals surface area contributed by atoms with Crippen molar-refractivity contribution in [2.24, 2.45) is 0 Å². The third-order valence-electron chi connectivity index (χ3n) is 7.04. The second-order valence-corrected chi connectivity index (χ2v) is 9.70. The lowest BCUT2D eigenvalue weighted by atomic mass is 9.93. The Balaban J connectivity index is 1.65. The van der Waals surface area contributed by atoms with Gasteiger partial charge in [-0.05, 0) is 51.3 Å². The molecule has 1 atom stereocenters. The van der Waals surface area contributed by atoms with E-state index in [2.05, 4.69) is 10.4 Å². The number of aromatic nitrogens is 2. The number of hydrogen-bond acceptors (Lipinski definition) is 6. The van der Waals surface area contributed by atoms with Gasteiger partial charge in [-0.2, -0.15) is 5.10 Å². The Morgan fingerprint density at radius 1 is 1.08 bits per heavy atom. The molecule has 0 radical (unpaired) electrons. The van der Waals surface area contributed by atoms with Gasteiger partial charge in [0, 0.05) is 18.7 Å². The minimum absolute atomic E-state index is 0.0645. The lowest BCUT2D eigenvalue weighted by Gasteiger charge is -2.44. The molecule has 0 bridgehead atoms. The summed E-state index contributed by atoms with van der Waals surface area (Å²) in [5, 5.41) is 7.56. The van der Waals surface area contributed by atoms with Gasteiger partial charge in [0.05, 0.1) is 19.8 Å². The molecule has 1 aliphatic heterocycles. The molecule has 2 heterocycles. The van der Waals surface area contributed by atoms with Gasteiger partial charge < -0.3 is 19.7 Å². The molecule has 2 aliphatic rings. The molecule has 4 rings (SSSR count). The number of carbonyl (C=O) groups is 3. The fourth-order valence-corrected chi connectivity index (χ4v) is 5.00. The Bertz CT molecular complexity index is 1090. The van der Waals surface area contributed by atoms with Gasteiger partial charge >= 0.3 is 5.97 Å². The fraction of sp³-hybridized carbons (Fsp3) is 0.556. The zero-order valence-corrected chi connectivity index (χ0v) is 21.4. The van der Waals surface area contributed by atoms with E-state index in [1.165, 1.54) is 23.6 Å². The van der Waals surface area contributed by atoms with E-state index < -0.39 is 11.5 Å². The first-order chi connectivity index (χ1) is 17.4. The molecular formula is C27H36N4O5. The molecule has 0 saturated heterocycles. The number of benzene rings is 1. The highest BCUT2D eigenvalue weighted by Gasteiger charge is 2.48. The zero-order valence-electron chi connectivity index (χ0n) is 21.4. The van der Waals surface area contributed by atoms with Crippen LogP contribution in [-0.2, 0) is 22.6 Å². The number of ether oxygens (including phenoxy) is 2. The largest absolute Gasteiger partial charge is 0.494 e. The maximum absolute atomic E-state index is 13.8. The number of nitrogens with one attached hydrogen (secondary N) is 1. The van der Waals surface area contributed by atoms with Crippen molar-refractivity contribution in [2.45, 2.75) is 84.0 Å². The van der Waals surface area contributed by atoms with Crippen LogP contribution in [0.4, 0.5) is 0 Å². The second kappa shape index (κ2) is 11.1. The van der Waals surface area contributed by atoms with Gasteiger partial charge in [0.1, 0.15) is 17.0 Å². The van der Waals surface area contributed by atoms with E-state index in [0.29, 0.717) is 6.61 Å². The van der Waals surface area contributed by atoms with Crippen LogP contribution in [0, 0.1) is 0 Å². The maximum Gasteiger partial charge on any atom is 0.358 e.